The lowest BCUT2D eigenvalue weighted by atomic mass is 10.0. The molecule has 1 N–H and O–H groups in total. The van der Waals surface area contributed by atoms with E-state index in [1.165, 1.54) is 32.7 Å². The van der Waals surface area contributed by atoms with E-state index in [0.29, 0.717) is 38.5 Å². The summed E-state index contributed by atoms with van der Waals surface area (Å²) in [6.45, 7) is 1.74. The van der Waals surface area contributed by atoms with Crippen LogP contribution in [0.2, 0.25) is 0 Å². The molecule has 0 spiro atoms. The number of nitrogens with one attached hydrogen (secondary N) is 1. The number of ether oxygens (including phenoxy) is 3. The summed E-state index contributed by atoms with van der Waals surface area (Å²) in [5.74, 6) is 0.655. The van der Waals surface area contributed by atoms with Crippen LogP contribution in [0.4, 0.5) is 0 Å². The second-order valence-electron chi connectivity index (χ2n) is 6.43. The van der Waals surface area contributed by atoms with Crippen molar-refractivity contribution in [1.29, 1.82) is 0 Å². The molecule has 3 aromatic rings. The molecule has 0 bridgehead atoms. The Morgan fingerprint density at radius 2 is 1.81 bits per heavy atom. The number of esters is 1. The Morgan fingerprint density at radius 1 is 1.10 bits per heavy atom. The van der Waals surface area contributed by atoms with Gasteiger partial charge in [0.15, 0.2) is 22.3 Å². The van der Waals surface area contributed by atoms with E-state index < -0.39 is 12.0 Å². The third kappa shape index (κ3) is 5.15. The molecular formula is C21H22N4O5S. The lowest BCUT2D eigenvalue weighted by Gasteiger charge is -2.19. The standard InChI is InChI=1S/C21H22N4O5S/c1-12-18(31-21(24-12)19-22-8-5-9-23-19)20(27)25-14(11-17(26)30-4)13-6-7-15(28-2)16(10-13)29-3/h5-10,14H,11H2,1-4H3,(H,25,27). The first-order valence-electron chi connectivity index (χ1n) is 9.31. The summed E-state index contributed by atoms with van der Waals surface area (Å²) in [6, 6.07) is 6.26. The number of thiazole rings is 1. The van der Waals surface area contributed by atoms with Crippen LogP contribution in [-0.4, -0.2) is 48.2 Å². The lowest BCUT2D eigenvalue weighted by Crippen LogP contribution is -2.30. The smallest absolute Gasteiger partial charge is 0.307 e. The second kappa shape index (κ2) is 9.98. The predicted octanol–water partition coefficient (Wildman–Crippen LogP) is 2.96. The SMILES string of the molecule is COC(=O)CC(NC(=O)c1sc(-c2ncccn2)nc1C)c1ccc(OC)c(OC)c1. The van der Waals surface area contributed by atoms with Crippen molar-refractivity contribution in [1.82, 2.24) is 20.3 Å². The molecule has 1 aromatic carbocycles. The molecule has 0 saturated heterocycles. The van der Waals surface area contributed by atoms with Crippen molar-refractivity contribution < 1.29 is 23.8 Å². The van der Waals surface area contributed by atoms with Crippen LogP contribution in [0, 0.1) is 6.92 Å². The van der Waals surface area contributed by atoms with E-state index in [-0.39, 0.29) is 12.3 Å². The molecule has 0 radical (unpaired) electrons. The maximum Gasteiger partial charge on any atom is 0.307 e. The Bertz CT molecular complexity index is 1070. The predicted molar refractivity (Wildman–Crippen MR) is 114 cm³/mol. The number of carbonyl (C=O) groups excluding carboxylic acids is 2. The van der Waals surface area contributed by atoms with Crippen molar-refractivity contribution in [2.75, 3.05) is 21.3 Å². The summed E-state index contributed by atoms with van der Waals surface area (Å²) in [5.41, 5.74) is 1.22. The van der Waals surface area contributed by atoms with Gasteiger partial charge in [-0.1, -0.05) is 6.07 Å². The fraction of sp³-hybridized carbons (Fsp3) is 0.286. The molecule has 0 saturated carbocycles. The van der Waals surface area contributed by atoms with E-state index in [1.807, 2.05) is 0 Å². The van der Waals surface area contributed by atoms with E-state index in [2.05, 4.69) is 20.3 Å². The van der Waals surface area contributed by atoms with Crippen LogP contribution in [0.25, 0.3) is 10.8 Å². The first-order chi connectivity index (χ1) is 15.0. The number of amides is 1. The molecule has 1 amide bonds. The minimum atomic E-state index is -0.641. The van der Waals surface area contributed by atoms with Gasteiger partial charge < -0.3 is 19.5 Å². The molecule has 2 aromatic heterocycles. The highest BCUT2D eigenvalue weighted by Crippen LogP contribution is 2.32. The van der Waals surface area contributed by atoms with E-state index in [0.717, 1.165) is 0 Å². The maximum atomic E-state index is 13.1. The van der Waals surface area contributed by atoms with Gasteiger partial charge in [0.1, 0.15) is 4.88 Å². The van der Waals surface area contributed by atoms with E-state index in [9.17, 15) is 9.59 Å². The average Bonchev–Trinajstić information content (AvgIpc) is 3.20. The number of nitrogens with zero attached hydrogens (tertiary/aromatic N) is 3. The van der Waals surface area contributed by atoms with Crippen molar-refractivity contribution in [3.8, 4) is 22.3 Å². The topological polar surface area (TPSA) is 113 Å². The molecule has 0 aliphatic rings. The fourth-order valence-corrected chi connectivity index (χ4v) is 3.83. The molecule has 3 rings (SSSR count). The molecule has 162 valence electrons. The summed E-state index contributed by atoms with van der Waals surface area (Å²) in [5, 5.41) is 3.44. The number of hydrogen-bond donors (Lipinski definition) is 1. The molecule has 10 heteroatoms. The van der Waals surface area contributed by atoms with Gasteiger partial charge >= 0.3 is 5.97 Å². The molecule has 9 nitrogen and oxygen atoms in total. The van der Waals surface area contributed by atoms with Crippen LogP contribution in [0.5, 0.6) is 11.5 Å². The van der Waals surface area contributed by atoms with E-state index in [1.54, 1.807) is 43.6 Å². The number of aromatic nitrogens is 3. The highest BCUT2D eigenvalue weighted by Gasteiger charge is 2.24. The van der Waals surface area contributed by atoms with Gasteiger partial charge in [-0.15, -0.1) is 11.3 Å². The van der Waals surface area contributed by atoms with Crippen LogP contribution >= 0.6 is 11.3 Å². The summed E-state index contributed by atoms with van der Waals surface area (Å²) in [7, 11) is 4.35. The quantitative estimate of drug-likeness (QED) is 0.530. The number of aryl methyl sites for hydroxylation is 1. The summed E-state index contributed by atoms with van der Waals surface area (Å²) < 4.78 is 15.4. The van der Waals surface area contributed by atoms with Crippen molar-refractivity contribution in [2.24, 2.45) is 0 Å². The van der Waals surface area contributed by atoms with Crippen molar-refractivity contribution in [3.63, 3.8) is 0 Å². The van der Waals surface area contributed by atoms with Crippen molar-refractivity contribution >= 4 is 23.2 Å². The molecule has 31 heavy (non-hydrogen) atoms. The largest absolute Gasteiger partial charge is 0.493 e. The number of hydrogen-bond acceptors (Lipinski definition) is 9. The average molecular weight is 442 g/mol. The number of rotatable bonds is 8. The number of methoxy groups -OCH3 is 3. The molecule has 1 atom stereocenters. The van der Waals surface area contributed by atoms with E-state index in [4.69, 9.17) is 14.2 Å². The molecule has 2 heterocycles. The van der Waals surface area contributed by atoms with Gasteiger partial charge in [-0.05, 0) is 30.7 Å². The lowest BCUT2D eigenvalue weighted by molar-refractivity contribution is -0.141. The molecule has 0 fully saturated rings. The van der Waals surface area contributed by atoms with Gasteiger partial charge in [0, 0.05) is 12.4 Å². The molecule has 1 unspecified atom stereocenters. The zero-order valence-corrected chi connectivity index (χ0v) is 18.4. The van der Waals surface area contributed by atoms with Crippen molar-refractivity contribution in [3.05, 3.63) is 52.8 Å². The molecule has 0 aliphatic heterocycles. The van der Waals surface area contributed by atoms with Crippen LogP contribution in [0.1, 0.15) is 33.4 Å². The van der Waals surface area contributed by atoms with Gasteiger partial charge in [-0.3, -0.25) is 9.59 Å². The summed E-state index contributed by atoms with van der Waals surface area (Å²) in [4.78, 5) is 38.2. The molecular weight excluding hydrogens is 420 g/mol. The van der Waals surface area contributed by atoms with Gasteiger partial charge in [-0.25, -0.2) is 15.0 Å². The third-order valence-corrected chi connectivity index (χ3v) is 5.63. The number of carbonyl (C=O) groups is 2. The summed E-state index contributed by atoms with van der Waals surface area (Å²) >= 11 is 1.19. The zero-order valence-electron chi connectivity index (χ0n) is 17.5. The third-order valence-electron chi connectivity index (χ3n) is 4.47. The Kier molecular flexibility index (Phi) is 7.14. The van der Waals surface area contributed by atoms with Gasteiger partial charge in [-0.2, -0.15) is 0 Å². The van der Waals surface area contributed by atoms with Gasteiger partial charge in [0.25, 0.3) is 5.91 Å². The van der Waals surface area contributed by atoms with Crippen LogP contribution in [-0.2, 0) is 9.53 Å². The van der Waals surface area contributed by atoms with E-state index >= 15 is 0 Å². The van der Waals surface area contributed by atoms with Crippen LogP contribution in [0.3, 0.4) is 0 Å². The first-order valence-corrected chi connectivity index (χ1v) is 10.1. The minimum absolute atomic E-state index is 0.0514. The Balaban J connectivity index is 1.89. The van der Waals surface area contributed by atoms with Crippen LogP contribution < -0.4 is 14.8 Å². The van der Waals surface area contributed by atoms with Crippen molar-refractivity contribution in [2.45, 2.75) is 19.4 Å². The highest BCUT2D eigenvalue weighted by molar-refractivity contribution is 7.17. The van der Waals surface area contributed by atoms with Gasteiger partial charge in [0.2, 0.25) is 0 Å². The maximum absolute atomic E-state index is 13.1. The Morgan fingerprint density at radius 3 is 2.45 bits per heavy atom. The highest BCUT2D eigenvalue weighted by atomic mass is 32.1. The first kappa shape index (κ1) is 22.2. The van der Waals surface area contributed by atoms with Gasteiger partial charge in [0.05, 0.1) is 39.5 Å². The zero-order chi connectivity index (χ0) is 22.4. The molecule has 0 aliphatic carbocycles. The van der Waals surface area contributed by atoms with Crippen LogP contribution in [0.15, 0.2) is 36.7 Å². The Hall–Kier alpha value is -3.53. The number of benzene rings is 1. The normalized spacial score (nSPS) is 11.5. The Labute approximate surface area is 183 Å². The second-order valence-corrected chi connectivity index (χ2v) is 7.43. The fourth-order valence-electron chi connectivity index (χ4n) is 2.91. The monoisotopic (exact) mass is 442 g/mol. The summed E-state index contributed by atoms with van der Waals surface area (Å²) in [6.07, 6.45) is 3.18. The minimum Gasteiger partial charge on any atom is -0.493 e.